The predicted octanol–water partition coefficient (Wildman–Crippen LogP) is 1.73. The summed E-state index contributed by atoms with van der Waals surface area (Å²) in [5.41, 5.74) is 6.82. The quantitative estimate of drug-likeness (QED) is 0.546. The van der Waals surface area contributed by atoms with Gasteiger partial charge in [0.2, 0.25) is 5.54 Å². The molecule has 3 aliphatic rings. The smallest absolute Gasteiger partial charge is 0.273 e. The molecule has 3 heterocycles. The number of ketones is 1. The second-order valence-corrected chi connectivity index (χ2v) is 9.21. The summed E-state index contributed by atoms with van der Waals surface area (Å²) >= 11 is 0. The van der Waals surface area contributed by atoms with Gasteiger partial charge in [0.1, 0.15) is 5.75 Å². The van der Waals surface area contributed by atoms with Crippen molar-refractivity contribution in [2.75, 3.05) is 0 Å². The number of fused-ring (bicyclic) bond motifs is 5. The second-order valence-electron chi connectivity index (χ2n) is 9.21. The highest BCUT2D eigenvalue weighted by Gasteiger charge is 2.72. The number of carbonyl (C=O) groups is 2. The Bertz CT molecular complexity index is 1420. The first-order chi connectivity index (χ1) is 16.3. The largest absolute Gasteiger partial charge is 0.454 e. The SMILES string of the molecule is CC(C)c1ccc2c(c1)OC1(O)C3=C(C(=O)C21NC(=O)c1cc2ncccn2n1)C(N)CC=C3. The number of nitrogens with two attached hydrogens (primary N) is 1. The van der Waals surface area contributed by atoms with E-state index < -0.39 is 29.1 Å². The minimum absolute atomic E-state index is 0.0557. The number of aromatic nitrogens is 3. The van der Waals surface area contributed by atoms with Crippen molar-refractivity contribution in [2.24, 2.45) is 5.73 Å². The number of benzene rings is 1. The van der Waals surface area contributed by atoms with Gasteiger partial charge in [-0.2, -0.15) is 5.10 Å². The fourth-order valence-corrected chi connectivity index (χ4v) is 5.16. The van der Waals surface area contributed by atoms with Crippen molar-refractivity contribution >= 4 is 17.3 Å². The first kappa shape index (κ1) is 20.8. The summed E-state index contributed by atoms with van der Waals surface area (Å²) in [4.78, 5) is 31.7. The molecule has 3 aromatic rings. The Balaban J connectivity index is 1.52. The molecule has 3 unspecified atom stereocenters. The number of ether oxygens (including phenoxy) is 1. The number of nitrogens with zero attached hydrogens (tertiary/aromatic N) is 3. The average molecular weight is 457 g/mol. The van der Waals surface area contributed by atoms with Gasteiger partial charge in [-0.3, -0.25) is 9.59 Å². The minimum atomic E-state index is -2.14. The van der Waals surface area contributed by atoms with Gasteiger partial charge >= 0.3 is 0 Å². The third-order valence-electron chi connectivity index (χ3n) is 6.90. The molecular formula is C25H23N5O4. The first-order valence-electron chi connectivity index (χ1n) is 11.2. The highest BCUT2D eigenvalue weighted by Crippen LogP contribution is 2.57. The van der Waals surface area contributed by atoms with Gasteiger partial charge in [-0.05, 0) is 30.0 Å². The molecule has 3 atom stereocenters. The van der Waals surface area contributed by atoms with Crippen LogP contribution in [0.4, 0.5) is 0 Å². The van der Waals surface area contributed by atoms with Crippen LogP contribution in [0, 0.1) is 0 Å². The normalized spacial score (nSPS) is 27.1. The topological polar surface area (TPSA) is 132 Å². The number of hydrogen-bond acceptors (Lipinski definition) is 7. The van der Waals surface area contributed by atoms with Crippen LogP contribution >= 0.6 is 0 Å². The van der Waals surface area contributed by atoms with E-state index in [0.717, 1.165) is 5.56 Å². The fraction of sp³-hybridized carbons (Fsp3) is 0.280. The van der Waals surface area contributed by atoms with Crippen LogP contribution in [0.1, 0.15) is 47.8 Å². The number of rotatable bonds is 3. The maximum Gasteiger partial charge on any atom is 0.273 e. The molecule has 6 rings (SSSR count). The van der Waals surface area contributed by atoms with Gasteiger partial charge in [0.25, 0.3) is 11.7 Å². The molecule has 1 amide bonds. The van der Waals surface area contributed by atoms with Crippen LogP contribution in [0.2, 0.25) is 0 Å². The van der Waals surface area contributed by atoms with Crippen molar-refractivity contribution in [3.05, 3.63) is 82.8 Å². The molecule has 9 nitrogen and oxygen atoms in total. The zero-order valence-electron chi connectivity index (χ0n) is 18.6. The van der Waals surface area contributed by atoms with Gasteiger partial charge in [-0.15, -0.1) is 0 Å². The number of carbonyl (C=O) groups excluding carboxylic acids is 2. The lowest BCUT2D eigenvalue weighted by Gasteiger charge is -2.35. The molecule has 0 saturated carbocycles. The maximum atomic E-state index is 14.0. The Morgan fingerprint density at radius 2 is 2.18 bits per heavy atom. The van der Waals surface area contributed by atoms with Crippen LogP contribution in [0.5, 0.6) is 5.75 Å². The van der Waals surface area contributed by atoms with Crippen LogP contribution in [-0.2, 0) is 10.3 Å². The summed E-state index contributed by atoms with van der Waals surface area (Å²) in [5.74, 6) is -2.71. The highest BCUT2D eigenvalue weighted by molar-refractivity contribution is 6.14. The minimum Gasteiger partial charge on any atom is -0.454 e. The van der Waals surface area contributed by atoms with Crippen LogP contribution in [0.3, 0.4) is 0 Å². The molecule has 172 valence electrons. The van der Waals surface area contributed by atoms with Crippen molar-refractivity contribution in [3.63, 3.8) is 0 Å². The molecule has 0 bridgehead atoms. The number of amides is 1. The summed E-state index contributed by atoms with van der Waals surface area (Å²) in [5, 5.41) is 19.1. The molecule has 0 radical (unpaired) electrons. The van der Waals surface area contributed by atoms with Crippen LogP contribution < -0.4 is 15.8 Å². The summed E-state index contributed by atoms with van der Waals surface area (Å²) in [6.07, 6.45) is 7.17. The number of hydrogen-bond donors (Lipinski definition) is 3. The van der Waals surface area contributed by atoms with Crippen molar-refractivity contribution < 1.29 is 19.4 Å². The van der Waals surface area contributed by atoms with Crippen LogP contribution in [-0.4, -0.2) is 43.2 Å². The number of aliphatic hydroxyl groups is 1. The molecule has 0 fully saturated rings. The van der Waals surface area contributed by atoms with E-state index >= 15 is 0 Å². The van der Waals surface area contributed by atoms with Gasteiger partial charge in [0.15, 0.2) is 17.1 Å². The Morgan fingerprint density at radius 1 is 1.35 bits per heavy atom. The van der Waals surface area contributed by atoms with Crippen LogP contribution in [0.25, 0.3) is 5.65 Å². The summed E-state index contributed by atoms with van der Waals surface area (Å²) in [6.45, 7) is 4.08. The second kappa shape index (κ2) is 6.85. The van der Waals surface area contributed by atoms with Crippen molar-refractivity contribution in [2.45, 2.75) is 43.6 Å². The first-order valence-corrected chi connectivity index (χ1v) is 11.2. The average Bonchev–Trinajstić information content (AvgIpc) is 3.41. The Morgan fingerprint density at radius 3 is 2.94 bits per heavy atom. The molecule has 4 N–H and O–H groups in total. The van der Waals surface area contributed by atoms with E-state index in [9.17, 15) is 14.7 Å². The molecule has 2 aromatic heterocycles. The predicted molar refractivity (Wildman–Crippen MR) is 122 cm³/mol. The van der Waals surface area contributed by atoms with E-state index in [-0.39, 0.29) is 22.8 Å². The van der Waals surface area contributed by atoms with Crippen LogP contribution in [0.15, 0.2) is 66.0 Å². The summed E-state index contributed by atoms with van der Waals surface area (Å²) in [6, 6.07) is 8.01. The zero-order chi connectivity index (χ0) is 23.8. The van der Waals surface area contributed by atoms with E-state index in [4.69, 9.17) is 10.5 Å². The highest BCUT2D eigenvalue weighted by atomic mass is 16.6. The van der Waals surface area contributed by atoms with Gasteiger partial charge in [-0.25, -0.2) is 9.50 Å². The molecule has 0 spiro atoms. The summed E-state index contributed by atoms with van der Waals surface area (Å²) < 4.78 is 7.58. The van der Waals surface area contributed by atoms with Gasteiger partial charge in [0.05, 0.1) is 0 Å². The molecule has 2 aliphatic carbocycles. The Hall–Kier alpha value is -3.82. The lowest BCUT2D eigenvalue weighted by molar-refractivity contribution is -0.154. The molecule has 1 aromatic carbocycles. The Labute approximate surface area is 194 Å². The van der Waals surface area contributed by atoms with Crippen molar-refractivity contribution in [1.82, 2.24) is 19.9 Å². The van der Waals surface area contributed by atoms with Crippen molar-refractivity contribution in [1.29, 1.82) is 0 Å². The fourth-order valence-electron chi connectivity index (χ4n) is 5.16. The third-order valence-corrected chi connectivity index (χ3v) is 6.90. The van der Waals surface area contributed by atoms with E-state index in [0.29, 0.717) is 23.4 Å². The third kappa shape index (κ3) is 2.50. The summed E-state index contributed by atoms with van der Waals surface area (Å²) in [7, 11) is 0. The molecule has 34 heavy (non-hydrogen) atoms. The van der Waals surface area contributed by atoms with Gasteiger partial charge < -0.3 is 20.9 Å². The maximum absolute atomic E-state index is 14.0. The van der Waals surface area contributed by atoms with E-state index in [1.54, 1.807) is 42.7 Å². The van der Waals surface area contributed by atoms with Gasteiger partial charge in [-0.1, -0.05) is 38.1 Å². The molecule has 1 aliphatic heterocycles. The monoisotopic (exact) mass is 457 g/mol. The molecule has 9 heteroatoms. The lowest BCUT2D eigenvalue weighted by atomic mass is 9.81. The molecule has 0 saturated heterocycles. The standard InChI is InChI=1S/C25H23N5O4/c1-13(2)14-7-8-15-19(11-14)34-25(33)16-5-3-6-17(26)21(16)22(31)24(15,25)28-23(32)18-12-20-27-9-4-10-30(20)29-18/h3-5,7-13,17,33H,6,26H2,1-2H3,(H,28,32). The Kier molecular flexibility index (Phi) is 4.18. The van der Waals surface area contributed by atoms with E-state index in [1.807, 2.05) is 19.9 Å². The zero-order valence-corrected chi connectivity index (χ0v) is 18.6. The number of Topliss-reactive ketones (excluding diaryl/α,β-unsaturated/α-hetero) is 1. The molecular weight excluding hydrogens is 434 g/mol. The van der Waals surface area contributed by atoms with E-state index in [1.165, 1.54) is 10.6 Å². The number of nitrogens with one attached hydrogen (secondary N) is 1. The van der Waals surface area contributed by atoms with Crippen molar-refractivity contribution in [3.8, 4) is 5.75 Å². The van der Waals surface area contributed by atoms with Gasteiger partial charge in [0, 0.05) is 41.2 Å². The van der Waals surface area contributed by atoms with E-state index in [2.05, 4.69) is 15.4 Å². The lowest BCUT2D eigenvalue weighted by Crippen LogP contribution is -2.63.